The molecule has 0 fully saturated rings. The van der Waals surface area contributed by atoms with Crippen molar-refractivity contribution in [1.82, 2.24) is 4.98 Å². The van der Waals surface area contributed by atoms with Crippen molar-refractivity contribution in [3.63, 3.8) is 0 Å². The van der Waals surface area contributed by atoms with Crippen LogP contribution in [0, 0.1) is 15.9 Å². The number of rotatable bonds is 7. The molecule has 0 radical (unpaired) electrons. The molecule has 0 aliphatic rings. The zero-order valence-corrected chi connectivity index (χ0v) is 14.8. The number of nitro benzene ring substituents is 1. The van der Waals surface area contributed by atoms with Crippen molar-refractivity contribution < 1.29 is 28.0 Å². The van der Waals surface area contributed by atoms with E-state index in [0.717, 1.165) is 6.07 Å². The second-order valence-electron chi connectivity index (χ2n) is 5.69. The Hall–Kier alpha value is -3.75. The van der Waals surface area contributed by atoms with Crippen molar-refractivity contribution in [2.45, 2.75) is 12.8 Å². The molecule has 3 rings (SSSR count). The third-order valence-electron chi connectivity index (χ3n) is 3.81. The van der Waals surface area contributed by atoms with Gasteiger partial charge in [-0.05, 0) is 30.3 Å². The number of nitro groups is 1. The summed E-state index contributed by atoms with van der Waals surface area (Å²) in [7, 11) is 1.36. The summed E-state index contributed by atoms with van der Waals surface area (Å²) in [5, 5.41) is 10.9. The van der Waals surface area contributed by atoms with Crippen molar-refractivity contribution in [2.24, 2.45) is 0 Å². The highest BCUT2D eigenvalue weighted by Crippen LogP contribution is 2.31. The molecule has 1 heterocycles. The molecule has 0 saturated carbocycles. The summed E-state index contributed by atoms with van der Waals surface area (Å²) in [6.45, 7) is 0. The van der Waals surface area contributed by atoms with Crippen molar-refractivity contribution in [2.75, 3.05) is 7.11 Å². The van der Waals surface area contributed by atoms with Gasteiger partial charge in [0.1, 0.15) is 5.82 Å². The summed E-state index contributed by atoms with van der Waals surface area (Å²) in [6.07, 6.45) is 1.59. The fraction of sp³-hybridized carbons (Fsp3) is 0.158. The zero-order chi connectivity index (χ0) is 20.1. The van der Waals surface area contributed by atoms with Gasteiger partial charge in [0.05, 0.1) is 30.7 Å². The third-order valence-corrected chi connectivity index (χ3v) is 3.81. The normalized spacial score (nSPS) is 10.5. The number of hydrogen-bond donors (Lipinski definition) is 0. The van der Waals surface area contributed by atoms with Crippen molar-refractivity contribution >= 4 is 11.7 Å². The highest BCUT2D eigenvalue weighted by Gasteiger charge is 2.16. The lowest BCUT2D eigenvalue weighted by Gasteiger charge is -2.08. The molecule has 9 heteroatoms. The fourth-order valence-corrected chi connectivity index (χ4v) is 2.41. The van der Waals surface area contributed by atoms with E-state index in [2.05, 4.69) is 4.98 Å². The van der Waals surface area contributed by atoms with E-state index in [1.165, 1.54) is 37.6 Å². The van der Waals surface area contributed by atoms with E-state index < -0.39 is 10.9 Å². The maximum Gasteiger partial charge on any atom is 0.311 e. The van der Waals surface area contributed by atoms with Crippen LogP contribution >= 0.6 is 0 Å². The van der Waals surface area contributed by atoms with E-state index in [4.69, 9.17) is 13.9 Å². The Labute approximate surface area is 158 Å². The predicted molar refractivity (Wildman–Crippen MR) is 95.5 cm³/mol. The number of aromatic nitrogens is 1. The quantitative estimate of drug-likeness (QED) is 0.262. The van der Waals surface area contributed by atoms with Gasteiger partial charge in [-0.2, -0.15) is 0 Å². The smallest absolute Gasteiger partial charge is 0.311 e. The Morgan fingerprint density at radius 3 is 2.64 bits per heavy atom. The minimum Gasteiger partial charge on any atom is -0.493 e. The third kappa shape index (κ3) is 4.50. The molecule has 0 amide bonds. The summed E-state index contributed by atoms with van der Waals surface area (Å²) in [5.74, 6) is -0.0658. The molecular weight excluding hydrogens is 371 g/mol. The van der Waals surface area contributed by atoms with Crippen LogP contribution in [-0.4, -0.2) is 23.0 Å². The Morgan fingerprint density at radius 2 is 1.96 bits per heavy atom. The first-order valence-corrected chi connectivity index (χ1v) is 8.20. The molecular formula is C19H15FN2O6. The van der Waals surface area contributed by atoms with E-state index in [0.29, 0.717) is 17.2 Å². The Bertz CT molecular complexity index is 1000. The van der Waals surface area contributed by atoms with E-state index in [1.54, 1.807) is 12.1 Å². The van der Waals surface area contributed by atoms with Crippen LogP contribution in [0.25, 0.3) is 11.3 Å². The Kier molecular flexibility index (Phi) is 5.64. The molecule has 3 aromatic rings. The Morgan fingerprint density at radius 1 is 1.21 bits per heavy atom. The van der Waals surface area contributed by atoms with Crippen LogP contribution in [0.5, 0.6) is 11.5 Å². The molecule has 0 spiro atoms. The van der Waals surface area contributed by atoms with Gasteiger partial charge >= 0.3 is 5.97 Å². The molecule has 0 aliphatic carbocycles. The van der Waals surface area contributed by atoms with Crippen LogP contribution in [0.15, 0.2) is 53.1 Å². The average Bonchev–Trinajstić information content (AvgIpc) is 3.16. The number of aryl methyl sites for hydroxylation is 1. The Balaban J connectivity index is 1.63. The van der Waals surface area contributed by atoms with Gasteiger partial charge in [0.25, 0.3) is 5.69 Å². The van der Waals surface area contributed by atoms with Crippen LogP contribution in [0.2, 0.25) is 0 Å². The lowest BCUT2D eigenvalue weighted by Crippen LogP contribution is -2.10. The number of nitrogens with zero attached hydrogens (tertiary/aromatic N) is 2. The lowest BCUT2D eigenvalue weighted by molar-refractivity contribution is -0.384. The molecule has 28 heavy (non-hydrogen) atoms. The lowest BCUT2D eigenvalue weighted by atomic mass is 10.2. The summed E-state index contributed by atoms with van der Waals surface area (Å²) < 4.78 is 28.7. The molecule has 1 aromatic heterocycles. The number of oxazole rings is 1. The van der Waals surface area contributed by atoms with Crippen LogP contribution < -0.4 is 9.47 Å². The van der Waals surface area contributed by atoms with Crippen molar-refractivity contribution in [3.8, 4) is 22.8 Å². The van der Waals surface area contributed by atoms with Gasteiger partial charge < -0.3 is 13.9 Å². The van der Waals surface area contributed by atoms with Crippen LogP contribution in [0.1, 0.15) is 12.3 Å². The number of non-ortho nitro benzene ring substituents is 1. The highest BCUT2D eigenvalue weighted by molar-refractivity contribution is 5.74. The first kappa shape index (κ1) is 19.0. The first-order chi connectivity index (χ1) is 13.5. The first-order valence-electron chi connectivity index (χ1n) is 8.20. The number of benzene rings is 2. The van der Waals surface area contributed by atoms with Crippen molar-refractivity contribution in [3.05, 3.63) is 70.5 Å². The average molecular weight is 386 g/mol. The number of halogens is 1. The minimum atomic E-state index is -0.625. The van der Waals surface area contributed by atoms with E-state index in [9.17, 15) is 19.3 Å². The van der Waals surface area contributed by atoms with E-state index in [-0.39, 0.29) is 35.8 Å². The number of ether oxygens (including phenoxy) is 2. The van der Waals surface area contributed by atoms with Gasteiger partial charge in [-0.15, -0.1) is 0 Å². The number of methoxy groups -OCH3 is 1. The molecule has 0 unspecified atom stereocenters. The number of carbonyl (C=O) groups excluding carboxylic acids is 1. The molecule has 144 valence electrons. The number of carbonyl (C=O) groups is 1. The summed E-state index contributed by atoms with van der Waals surface area (Å²) in [6, 6.07) is 9.45. The summed E-state index contributed by atoms with van der Waals surface area (Å²) in [4.78, 5) is 26.4. The monoisotopic (exact) mass is 386 g/mol. The minimum absolute atomic E-state index is 0.0406. The van der Waals surface area contributed by atoms with Gasteiger partial charge in [0.2, 0.25) is 0 Å². The number of hydrogen-bond acceptors (Lipinski definition) is 7. The molecule has 0 bridgehead atoms. The molecule has 0 aliphatic heterocycles. The summed E-state index contributed by atoms with van der Waals surface area (Å²) in [5.41, 5.74) is 0.435. The van der Waals surface area contributed by atoms with Gasteiger partial charge in [-0.3, -0.25) is 14.9 Å². The van der Waals surface area contributed by atoms with Crippen LogP contribution in [0.4, 0.5) is 10.1 Å². The maximum absolute atomic E-state index is 13.0. The predicted octanol–water partition coefficient (Wildman–Crippen LogP) is 3.94. The number of esters is 1. The fourth-order valence-electron chi connectivity index (χ4n) is 2.41. The molecule has 8 nitrogen and oxygen atoms in total. The van der Waals surface area contributed by atoms with Crippen LogP contribution in [0.3, 0.4) is 0 Å². The molecule has 0 N–H and O–H groups in total. The molecule has 2 aromatic carbocycles. The largest absolute Gasteiger partial charge is 0.493 e. The SMILES string of the molecule is COc1ccc([N+](=O)[O-])cc1OC(=O)CCc1ncc(-c2ccc(F)cc2)o1. The second kappa shape index (κ2) is 8.30. The van der Waals surface area contributed by atoms with Gasteiger partial charge in [-0.25, -0.2) is 9.37 Å². The topological polar surface area (TPSA) is 105 Å². The highest BCUT2D eigenvalue weighted by atomic mass is 19.1. The zero-order valence-electron chi connectivity index (χ0n) is 14.8. The van der Waals surface area contributed by atoms with Gasteiger partial charge in [-0.1, -0.05) is 0 Å². The van der Waals surface area contributed by atoms with Crippen molar-refractivity contribution in [1.29, 1.82) is 0 Å². The maximum atomic E-state index is 13.0. The van der Waals surface area contributed by atoms with Gasteiger partial charge in [0.15, 0.2) is 23.1 Å². The van der Waals surface area contributed by atoms with E-state index >= 15 is 0 Å². The molecule has 0 atom stereocenters. The van der Waals surface area contributed by atoms with Crippen LogP contribution in [-0.2, 0) is 11.2 Å². The standard InChI is InChI=1S/C19H15FN2O6/c1-26-15-7-6-14(22(24)25)10-16(15)28-19(23)9-8-18-21-11-17(27-18)12-2-4-13(20)5-3-12/h2-7,10-11H,8-9H2,1H3. The van der Waals surface area contributed by atoms with E-state index in [1.807, 2.05) is 0 Å². The molecule has 0 saturated heterocycles. The van der Waals surface area contributed by atoms with Gasteiger partial charge in [0, 0.05) is 18.1 Å². The summed E-state index contributed by atoms with van der Waals surface area (Å²) >= 11 is 0. The second-order valence-corrected chi connectivity index (χ2v) is 5.69.